The summed E-state index contributed by atoms with van der Waals surface area (Å²) in [6, 6.07) is 0. The maximum atomic E-state index is 4.04. The Kier molecular flexibility index (Phi) is 4.15. The average molecular weight is 191 g/mol. The van der Waals surface area contributed by atoms with Gasteiger partial charge in [-0.2, -0.15) is 0 Å². The van der Waals surface area contributed by atoms with Crippen molar-refractivity contribution in [2.45, 2.75) is 33.1 Å². The van der Waals surface area contributed by atoms with Crippen molar-refractivity contribution in [2.24, 2.45) is 0 Å². The fourth-order valence-corrected chi connectivity index (χ4v) is 1.96. The first-order chi connectivity index (χ1) is 6.72. The third kappa shape index (κ3) is 2.16. The topological polar surface area (TPSA) is 12.0 Å². The zero-order valence-corrected chi connectivity index (χ0v) is 9.45. The second kappa shape index (κ2) is 5.16. The van der Waals surface area contributed by atoms with E-state index in [4.69, 9.17) is 0 Å². The number of hydrogen-bond acceptors (Lipinski definition) is 1. The molecule has 0 radical (unpaired) electrons. The van der Waals surface area contributed by atoms with Crippen molar-refractivity contribution in [3.63, 3.8) is 0 Å². The molecule has 0 atom stereocenters. The van der Waals surface area contributed by atoms with E-state index in [0.717, 1.165) is 25.9 Å². The Labute approximate surface area is 87.6 Å². The van der Waals surface area contributed by atoms with Gasteiger partial charge in [-0.15, -0.1) is 0 Å². The van der Waals surface area contributed by atoms with E-state index in [1.54, 1.807) is 0 Å². The molecule has 0 heterocycles. The van der Waals surface area contributed by atoms with Gasteiger partial charge in [0, 0.05) is 0 Å². The van der Waals surface area contributed by atoms with Crippen LogP contribution in [0.4, 0.5) is 0 Å². The maximum absolute atomic E-state index is 4.04. The van der Waals surface area contributed by atoms with E-state index < -0.39 is 0 Å². The molecular weight excluding hydrogens is 170 g/mol. The van der Waals surface area contributed by atoms with Gasteiger partial charge in [0.15, 0.2) is 0 Å². The maximum Gasteiger partial charge on any atom is -0.00459 e. The molecule has 1 N–H and O–H groups in total. The molecule has 0 aromatic carbocycles. The predicted molar refractivity (Wildman–Crippen MR) is 63.4 cm³/mol. The van der Waals surface area contributed by atoms with Gasteiger partial charge in [-0.25, -0.2) is 0 Å². The molecule has 0 aromatic heterocycles. The van der Waals surface area contributed by atoms with E-state index in [1.165, 1.54) is 28.7 Å². The summed E-state index contributed by atoms with van der Waals surface area (Å²) in [4.78, 5) is 0. The highest BCUT2D eigenvalue weighted by atomic mass is 14.8. The molecule has 1 heteroatoms. The van der Waals surface area contributed by atoms with Crippen LogP contribution < -0.4 is 5.32 Å². The largest absolute Gasteiger partial charge is 0.317 e. The number of nitrogens with one attached hydrogen (secondary N) is 1. The Bertz CT molecular complexity index is 271. The Morgan fingerprint density at radius 2 is 1.71 bits per heavy atom. The summed E-state index contributed by atoms with van der Waals surface area (Å²) in [7, 11) is 0. The molecule has 0 spiro atoms. The van der Waals surface area contributed by atoms with Gasteiger partial charge in [-0.3, -0.25) is 0 Å². The van der Waals surface area contributed by atoms with Crippen molar-refractivity contribution in [1.82, 2.24) is 5.32 Å². The van der Waals surface area contributed by atoms with Crippen molar-refractivity contribution < 1.29 is 0 Å². The van der Waals surface area contributed by atoms with Gasteiger partial charge in [-0.1, -0.05) is 27.0 Å². The molecular formula is C13H21N. The first-order valence-corrected chi connectivity index (χ1v) is 5.54. The molecule has 0 aromatic rings. The normalized spacial score (nSPS) is 16.1. The molecule has 0 unspecified atom stereocenters. The van der Waals surface area contributed by atoms with Gasteiger partial charge in [0.1, 0.15) is 0 Å². The quantitative estimate of drug-likeness (QED) is 0.636. The number of allylic oxidation sites excluding steroid dienone is 4. The van der Waals surface area contributed by atoms with E-state index >= 15 is 0 Å². The van der Waals surface area contributed by atoms with Crippen LogP contribution in [-0.4, -0.2) is 13.1 Å². The van der Waals surface area contributed by atoms with Crippen LogP contribution in [0, 0.1) is 0 Å². The Hall–Kier alpha value is -0.820. The first kappa shape index (κ1) is 11.3. The lowest BCUT2D eigenvalue weighted by molar-refractivity contribution is 0.666. The molecule has 14 heavy (non-hydrogen) atoms. The lowest BCUT2D eigenvalue weighted by Crippen LogP contribution is -2.16. The minimum atomic E-state index is 1.06. The second-order valence-corrected chi connectivity index (χ2v) is 3.72. The first-order valence-electron chi connectivity index (χ1n) is 5.54. The van der Waals surface area contributed by atoms with Crippen LogP contribution in [0.2, 0.25) is 0 Å². The molecule has 0 bridgehead atoms. The summed E-state index contributed by atoms with van der Waals surface area (Å²) in [6.45, 7) is 14.6. The van der Waals surface area contributed by atoms with Crippen LogP contribution >= 0.6 is 0 Å². The summed E-state index contributed by atoms with van der Waals surface area (Å²) in [5.41, 5.74) is 5.30. The van der Waals surface area contributed by atoms with Crippen LogP contribution in [0.1, 0.15) is 33.1 Å². The smallest absolute Gasteiger partial charge is 0.00459 e. The van der Waals surface area contributed by atoms with Gasteiger partial charge < -0.3 is 5.32 Å². The predicted octanol–water partition coefficient (Wildman–Crippen LogP) is 3.21. The third-order valence-electron chi connectivity index (χ3n) is 2.84. The summed E-state index contributed by atoms with van der Waals surface area (Å²) >= 11 is 0. The molecule has 1 aliphatic carbocycles. The lowest BCUT2D eigenvalue weighted by atomic mass is 9.76. The molecule has 0 amide bonds. The number of rotatable bonds is 6. The fraction of sp³-hybridized carbons (Fsp3) is 0.538. The van der Waals surface area contributed by atoms with Crippen LogP contribution in [0.3, 0.4) is 0 Å². The van der Waals surface area contributed by atoms with Gasteiger partial charge in [0.25, 0.3) is 0 Å². The zero-order chi connectivity index (χ0) is 10.6. The molecule has 0 saturated carbocycles. The van der Waals surface area contributed by atoms with E-state index in [0.29, 0.717) is 0 Å². The van der Waals surface area contributed by atoms with Crippen LogP contribution in [-0.2, 0) is 0 Å². The molecule has 0 fully saturated rings. The van der Waals surface area contributed by atoms with Gasteiger partial charge in [0.05, 0.1) is 0 Å². The Morgan fingerprint density at radius 1 is 1.07 bits per heavy atom. The Morgan fingerprint density at radius 3 is 2.29 bits per heavy atom. The van der Waals surface area contributed by atoms with Crippen molar-refractivity contribution in [2.75, 3.05) is 13.1 Å². The highest BCUT2D eigenvalue weighted by molar-refractivity contribution is 5.67. The van der Waals surface area contributed by atoms with Crippen LogP contribution in [0.5, 0.6) is 0 Å². The van der Waals surface area contributed by atoms with Crippen LogP contribution in [0.25, 0.3) is 0 Å². The zero-order valence-electron chi connectivity index (χ0n) is 9.45. The minimum Gasteiger partial charge on any atom is -0.317 e. The van der Waals surface area contributed by atoms with Gasteiger partial charge >= 0.3 is 0 Å². The van der Waals surface area contributed by atoms with Gasteiger partial charge in [0.2, 0.25) is 0 Å². The fourth-order valence-electron chi connectivity index (χ4n) is 1.96. The second-order valence-electron chi connectivity index (χ2n) is 3.72. The highest BCUT2D eigenvalue weighted by Crippen LogP contribution is 2.41. The summed E-state index contributed by atoms with van der Waals surface area (Å²) in [5.74, 6) is 0. The number of hydrogen-bond donors (Lipinski definition) is 1. The standard InChI is InChI=1S/C13H21N/c1-5-12-10(3)11(4)13(12)8-7-9-14-6-2/h14H,3-9H2,1-2H3. The Balaban J connectivity index is 2.40. The van der Waals surface area contributed by atoms with E-state index in [2.05, 4.69) is 32.3 Å². The van der Waals surface area contributed by atoms with Crippen molar-refractivity contribution in [1.29, 1.82) is 0 Å². The van der Waals surface area contributed by atoms with Crippen LogP contribution in [0.15, 0.2) is 35.5 Å². The SMILES string of the molecule is C=C1C(=C)C(CCCNCC)=C1CC. The van der Waals surface area contributed by atoms with Crippen molar-refractivity contribution >= 4 is 0 Å². The lowest BCUT2D eigenvalue weighted by Gasteiger charge is -2.29. The molecule has 1 rings (SSSR count). The third-order valence-corrected chi connectivity index (χ3v) is 2.84. The summed E-state index contributed by atoms with van der Waals surface area (Å²) in [5, 5.41) is 3.34. The summed E-state index contributed by atoms with van der Waals surface area (Å²) < 4.78 is 0. The van der Waals surface area contributed by atoms with Crippen molar-refractivity contribution in [3.8, 4) is 0 Å². The molecule has 0 saturated heterocycles. The molecule has 0 aliphatic heterocycles. The minimum absolute atomic E-state index is 1.06. The monoisotopic (exact) mass is 191 g/mol. The molecule has 1 aliphatic rings. The van der Waals surface area contributed by atoms with Crippen molar-refractivity contribution in [3.05, 3.63) is 35.5 Å². The van der Waals surface area contributed by atoms with Gasteiger partial charge in [-0.05, 0) is 54.6 Å². The van der Waals surface area contributed by atoms with E-state index in [1.807, 2.05) is 0 Å². The van der Waals surface area contributed by atoms with E-state index in [9.17, 15) is 0 Å². The molecule has 78 valence electrons. The highest BCUT2D eigenvalue weighted by Gasteiger charge is 2.23. The summed E-state index contributed by atoms with van der Waals surface area (Å²) in [6.07, 6.45) is 3.47. The van der Waals surface area contributed by atoms with E-state index in [-0.39, 0.29) is 0 Å². The molecule has 1 nitrogen and oxygen atoms in total. The average Bonchev–Trinajstić information content (AvgIpc) is 2.21.